The Morgan fingerprint density at radius 2 is 2.21 bits per heavy atom. The third kappa shape index (κ3) is 4.23. The quantitative estimate of drug-likeness (QED) is 0.573. The normalized spacial score (nSPS) is 24.1. The van der Waals surface area contributed by atoms with Gasteiger partial charge in [-0.2, -0.15) is 5.26 Å². The molecule has 2 heterocycles. The maximum atomic E-state index is 11.9. The molecule has 1 amide bonds. The monoisotopic (exact) mass is 265 g/mol. The topological polar surface area (TPSA) is 74.6 Å². The van der Waals surface area contributed by atoms with Crippen molar-refractivity contribution < 1.29 is 14.3 Å². The van der Waals surface area contributed by atoms with E-state index in [1.807, 2.05) is 11.0 Å². The summed E-state index contributed by atoms with van der Waals surface area (Å²) >= 11 is 0. The van der Waals surface area contributed by atoms with Gasteiger partial charge in [-0.1, -0.05) is 0 Å². The lowest BCUT2D eigenvalue weighted by Crippen LogP contribution is -2.35. The fourth-order valence-electron chi connectivity index (χ4n) is 2.13. The molecule has 1 unspecified atom stereocenters. The number of hydrogen-bond acceptors (Lipinski definition) is 5. The number of carbonyl (C=O) groups is 1. The van der Waals surface area contributed by atoms with Crippen molar-refractivity contribution >= 4 is 5.91 Å². The molecule has 1 atom stereocenters. The third-order valence-corrected chi connectivity index (χ3v) is 3.24. The minimum absolute atomic E-state index is 0.0901. The van der Waals surface area contributed by atoms with E-state index in [4.69, 9.17) is 14.7 Å². The van der Waals surface area contributed by atoms with Crippen LogP contribution in [0.4, 0.5) is 0 Å². The molecular formula is C13H19N3O3. The number of amides is 1. The SMILES string of the molecule is N#C/C(=C/N1CCOCC1)C(=O)NCC1CCCO1. The summed E-state index contributed by atoms with van der Waals surface area (Å²) in [6.45, 7) is 3.92. The Balaban J connectivity index is 1.83. The Kier molecular flexibility index (Phi) is 5.19. The first-order valence-corrected chi connectivity index (χ1v) is 6.63. The van der Waals surface area contributed by atoms with E-state index in [1.165, 1.54) is 0 Å². The summed E-state index contributed by atoms with van der Waals surface area (Å²) in [7, 11) is 0. The fourth-order valence-corrected chi connectivity index (χ4v) is 2.13. The Labute approximate surface area is 113 Å². The third-order valence-electron chi connectivity index (χ3n) is 3.24. The van der Waals surface area contributed by atoms with Crippen LogP contribution in [0.25, 0.3) is 0 Å². The maximum Gasteiger partial charge on any atom is 0.263 e. The second kappa shape index (κ2) is 7.12. The Morgan fingerprint density at radius 3 is 2.84 bits per heavy atom. The number of nitrogens with one attached hydrogen (secondary N) is 1. The van der Waals surface area contributed by atoms with Crippen LogP contribution < -0.4 is 5.32 Å². The van der Waals surface area contributed by atoms with Gasteiger partial charge >= 0.3 is 0 Å². The highest BCUT2D eigenvalue weighted by molar-refractivity contribution is 5.97. The van der Waals surface area contributed by atoms with Gasteiger partial charge in [0.15, 0.2) is 0 Å². The molecule has 104 valence electrons. The van der Waals surface area contributed by atoms with Gasteiger partial charge in [-0.15, -0.1) is 0 Å². The van der Waals surface area contributed by atoms with Crippen molar-refractivity contribution in [3.63, 3.8) is 0 Å². The van der Waals surface area contributed by atoms with E-state index in [0.717, 1.165) is 19.4 Å². The van der Waals surface area contributed by atoms with E-state index >= 15 is 0 Å². The van der Waals surface area contributed by atoms with Crippen molar-refractivity contribution in [1.29, 1.82) is 5.26 Å². The molecule has 0 aromatic heterocycles. The molecule has 2 aliphatic rings. The molecule has 0 aliphatic carbocycles. The molecule has 2 fully saturated rings. The molecule has 0 aromatic carbocycles. The second-order valence-corrected chi connectivity index (χ2v) is 4.65. The van der Waals surface area contributed by atoms with Gasteiger partial charge in [-0.25, -0.2) is 0 Å². The predicted octanol–water partition coefficient (Wildman–Crippen LogP) is 0.0213. The van der Waals surface area contributed by atoms with Gasteiger partial charge < -0.3 is 19.7 Å². The minimum atomic E-state index is -0.329. The average Bonchev–Trinajstić information content (AvgIpc) is 2.96. The maximum absolute atomic E-state index is 11.9. The van der Waals surface area contributed by atoms with Crippen LogP contribution >= 0.6 is 0 Å². The highest BCUT2D eigenvalue weighted by Gasteiger charge is 2.18. The van der Waals surface area contributed by atoms with E-state index in [2.05, 4.69) is 5.32 Å². The highest BCUT2D eigenvalue weighted by atomic mass is 16.5. The smallest absolute Gasteiger partial charge is 0.263 e. The van der Waals surface area contributed by atoms with Gasteiger partial charge in [0.1, 0.15) is 11.6 Å². The largest absolute Gasteiger partial charge is 0.378 e. The summed E-state index contributed by atoms with van der Waals surface area (Å²) in [5, 5.41) is 11.8. The summed E-state index contributed by atoms with van der Waals surface area (Å²) in [6, 6.07) is 1.95. The van der Waals surface area contributed by atoms with Crippen molar-refractivity contribution in [3.05, 3.63) is 11.8 Å². The number of hydrogen-bond donors (Lipinski definition) is 1. The van der Waals surface area contributed by atoms with Crippen molar-refractivity contribution in [1.82, 2.24) is 10.2 Å². The number of rotatable bonds is 4. The summed E-state index contributed by atoms with van der Waals surface area (Å²) in [4.78, 5) is 13.8. The molecule has 0 spiro atoms. The van der Waals surface area contributed by atoms with E-state index in [1.54, 1.807) is 6.20 Å². The fraction of sp³-hybridized carbons (Fsp3) is 0.692. The average molecular weight is 265 g/mol. The number of ether oxygens (including phenoxy) is 2. The number of carbonyl (C=O) groups excluding carboxylic acids is 1. The molecular weight excluding hydrogens is 246 g/mol. The Bertz CT molecular complexity index is 377. The molecule has 0 saturated carbocycles. The van der Waals surface area contributed by atoms with Crippen LogP contribution in [0, 0.1) is 11.3 Å². The van der Waals surface area contributed by atoms with Crippen LogP contribution in [0.15, 0.2) is 11.8 Å². The molecule has 0 radical (unpaired) electrons. The molecule has 6 nitrogen and oxygen atoms in total. The number of nitrogens with zero attached hydrogens (tertiary/aromatic N) is 2. The van der Waals surface area contributed by atoms with Crippen molar-refractivity contribution in [2.24, 2.45) is 0 Å². The Hall–Kier alpha value is -1.58. The zero-order valence-corrected chi connectivity index (χ0v) is 10.9. The lowest BCUT2D eigenvalue weighted by molar-refractivity contribution is -0.117. The van der Waals surface area contributed by atoms with Crippen LogP contribution in [-0.2, 0) is 14.3 Å². The van der Waals surface area contributed by atoms with Crippen LogP contribution in [0.2, 0.25) is 0 Å². The van der Waals surface area contributed by atoms with Crippen LogP contribution in [0.5, 0.6) is 0 Å². The van der Waals surface area contributed by atoms with E-state index in [0.29, 0.717) is 32.8 Å². The van der Waals surface area contributed by atoms with E-state index in [-0.39, 0.29) is 17.6 Å². The first-order valence-electron chi connectivity index (χ1n) is 6.63. The summed E-state index contributed by atoms with van der Waals surface area (Å²) in [5.41, 5.74) is 0.139. The standard InChI is InChI=1S/C13H19N3O3/c14-8-11(10-16-3-6-18-7-4-16)13(17)15-9-12-2-1-5-19-12/h10,12H,1-7,9H2,(H,15,17)/b11-10-. The lowest BCUT2D eigenvalue weighted by atomic mass is 10.2. The predicted molar refractivity (Wildman–Crippen MR) is 68.1 cm³/mol. The zero-order chi connectivity index (χ0) is 13.5. The van der Waals surface area contributed by atoms with E-state index < -0.39 is 0 Å². The first-order chi connectivity index (χ1) is 9.29. The van der Waals surface area contributed by atoms with Crippen molar-refractivity contribution in [3.8, 4) is 6.07 Å². The summed E-state index contributed by atoms with van der Waals surface area (Å²) < 4.78 is 10.6. The molecule has 2 rings (SSSR count). The molecule has 19 heavy (non-hydrogen) atoms. The summed E-state index contributed by atoms with van der Waals surface area (Å²) in [6.07, 6.45) is 3.71. The molecule has 2 saturated heterocycles. The van der Waals surface area contributed by atoms with Gasteiger partial charge in [-0.3, -0.25) is 4.79 Å². The lowest BCUT2D eigenvalue weighted by Gasteiger charge is -2.25. The molecule has 2 aliphatic heterocycles. The van der Waals surface area contributed by atoms with Crippen LogP contribution in [-0.4, -0.2) is 56.4 Å². The zero-order valence-electron chi connectivity index (χ0n) is 10.9. The van der Waals surface area contributed by atoms with E-state index in [9.17, 15) is 4.79 Å². The molecule has 0 bridgehead atoms. The van der Waals surface area contributed by atoms with Crippen LogP contribution in [0.1, 0.15) is 12.8 Å². The van der Waals surface area contributed by atoms with Crippen molar-refractivity contribution in [2.45, 2.75) is 18.9 Å². The molecule has 6 heteroatoms. The molecule has 0 aromatic rings. The minimum Gasteiger partial charge on any atom is -0.378 e. The van der Waals surface area contributed by atoms with Gasteiger partial charge in [0, 0.05) is 32.4 Å². The van der Waals surface area contributed by atoms with Gasteiger partial charge in [0.25, 0.3) is 5.91 Å². The van der Waals surface area contributed by atoms with Gasteiger partial charge in [-0.05, 0) is 12.8 Å². The summed E-state index contributed by atoms with van der Waals surface area (Å²) in [5.74, 6) is -0.329. The number of morpholine rings is 1. The Morgan fingerprint density at radius 1 is 1.42 bits per heavy atom. The van der Waals surface area contributed by atoms with Gasteiger partial charge in [0.05, 0.1) is 19.3 Å². The first kappa shape index (κ1) is 13.8. The van der Waals surface area contributed by atoms with Gasteiger partial charge in [0.2, 0.25) is 0 Å². The number of nitriles is 1. The van der Waals surface area contributed by atoms with Crippen molar-refractivity contribution in [2.75, 3.05) is 39.5 Å². The molecule has 1 N–H and O–H groups in total. The highest BCUT2D eigenvalue weighted by Crippen LogP contribution is 2.10. The second-order valence-electron chi connectivity index (χ2n) is 4.65. The van der Waals surface area contributed by atoms with Crippen LogP contribution in [0.3, 0.4) is 0 Å².